The second-order valence-corrected chi connectivity index (χ2v) is 5.80. The summed E-state index contributed by atoms with van der Waals surface area (Å²) in [5, 5.41) is 11.9. The number of methoxy groups -OCH3 is 1. The number of urea groups is 1. The molecule has 1 saturated carbocycles. The molecule has 1 saturated heterocycles. The molecular weight excluding hydrogens is 276 g/mol. The number of amides is 2. The van der Waals surface area contributed by atoms with Gasteiger partial charge in [0.15, 0.2) is 0 Å². The SMILES string of the molecule is COC(=O)C(C)NC(=O)N1C(C(=O)O)CC2CCCCC21. The number of hydrogen-bond acceptors (Lipinski definition) is 4. The lowest BCUT2D eigenvalue weighted by Crippen LogP contribution is -2.53. The Morgan fingerprint density at radius 3 is 2.57 bits per heavy atom. The van der Waals surface area contributed by atoms with E-state index >= 15 is 0 Å². The summed E-state index contributed by atoms with van der Waals surface area (Å²) in [5.41, 5.74) is 0. The van der Waals surface area contributed by atoms with Gasteiger partial charge in [0.2, 0.25) is 0 Å². The Bertz CT molecular complexity index is 439. The van der Waals surface area contributed by atoms with Gasteiger partial charge in [-0.2, -0.15) is 0 Å². The molecule has 1 heterocycles. The number of hydrogen-bond donors (Lipinski definition) is 2. The Morgan fingerprint density at radius 2 is 1.95 bits per heavy atom. The van der Waals surface area contributed by atoms with Gasteiger partial charge in [-0.05, 0) is 32.1 Å². The molecule has 2 aliphatic rings. The fourth-order valence-corrected chi connectivity index (χ4v) is 3.47. The van der Waals surface area contributed by atoms with E-state index in [1.807, 2.05) is 0 Å². The maximum atomic E-state index is 12.4. The van der Waals surface area contributed by atoms with Crippen LogP contribution in [0.5, 0.6) is 0 Å². The average molecular weight is 298 g/mol. The van der Waals surface area contributed by atoms with Gasteiger partial charge in [0.05, 0.1) is 7.11 Å². The van der Waals surface area contributed by atoms with Crippen LogP contribution in [-0.2, 0) is 14.3 Å². The first-order valence-electron chi connectivity index (χ1n) is 7.35. The van der Waals surface area contributed by atoms with Crippen molar-refractivity contribution in [3.8, 4) is 0 Å². The Hall–Kier alpha value is -1.79. The number of likely N-dealkylation sites (tertiary alicyclic amines) is 1. The third-order valence-electron chi connectivity index (χ3n) is 4.50. The van der Waals surface area contributed by atoms with Crippen LogP contribution >= 0.6 is 0 Å². The van der Waals surface area contributed by atoms with Crippen molar-refractivity contribution in [1.29, 1.82) is 0 Å². The van der Waals surface area contributed by atoms with Gasteiger partial charge in [-0.3, -0.25) is 0 Å². The molecule has 0 aromatic rings. The first-order chi connectivity index (χ1) is 9.95. The summed E-state index contributed by atoms with van der Waals surface area (Å²) in [6.45, 7) is 1.52. The van der Waals surface area contributed by atoms with E-state index in [1.54, 1.807) is 0 Å². The lowest BCUT2D eigenvalue weighted by molar-refractivity contribution is -0.142. The van der Waals surface area contributed by atoms with Crippen LogP contribution in [0.15, 0.2) is 0 Å². The zero-order valence-electron chi connectivity index (χ0n) is 12.4. The van der Waals surface area contributed by atoms with Crippen molar-refractivity contribution >= 4 is 18.0 Å². The zero-order chi connectivity index (χ0) is 15.6. The van der Waals surface area contributed by atoms with Gasteiger partial charge in [0.1, 0.15) is 12.1 Å². The molecule has 1 aliphatic carbocycles. The molecule has 2 amide bonds. The molecule has 0 spiro atoms. The van der Waals surface area contributed by atoms with Crippen molar-refractivity contribution in [2.24, 2.45) is 5.92 Å². The van der Waals surface area contributed by atoms with Crippen LogP contribution in [0.25, 0.3) is 0 Å². The van der Waals surface area contributed by atoms with Crippen LogP contribution in [0.2, 0.25) is 0 Å². The van der Waals surface area contributed by atoms with E-state index in [4.69, 9.17) is 0 Å². The Kier molecular flexibility index (Phi) is 4.69. The average Bonchev–Trinajstić information content (AvgIpc) is 2.85. The minimum absolute atomic E-state index is 0.0373. The van der Waals surface area contributed by atoms with E-state index in [-0.39, 0.29) is 12.0 Å². The van der Waals surface area contributed by atoms with Gasteiger partial charge in [-0.25, -0.2) is 14.4 Å². The zero-order valence-corrected chi connectivity index (χ0v) is 12.4. The fourth-order valence-electron chi connectivity index (χ4n) is 3.47. The van der Waals surface area contributed by atoms with Crippen LogP contribution in [0.4, 0.5) is 4.79 Å². The summed E-state index contributed by atoms with van der Waals surface area (Å²) in [7, 11) is 1.25. The number of nitrogens with zero attached hydrogens (tertiary/aromatic N) is 1. The standard InChI is InChI=1S/C14H22N2O5/c1-8(13(19)21-2)15-14(20)16-10-6-4-3-5-9(10)7-11(16)12(17)18/h8-11H,3-7H2,1-2H3,(H,15,20)(H,17,18). The highest BCUT2D eigenvalue weighted by molar-refractivity contribution is 5.87. The third-order valence-corrected chi connectivity index (χ3v) is 4.50. The highest BCUT2D eigenvalue weighted by Crippen LogP contribution is 2.39. The van der Waals surface area contributed by atoms with Crippen LogP contribution in [0.1, 0.15) is 39.0 Å². The molecule has 2 rings (SSSR count). The van der Waals surface area contributed by atoms with Crippen LogP contribution in [0, 0.1) is 5.92 Å². The molecule has 7 nitrogen and oxygen atoms in total. The quantitative estimate of drug-likeness (QED) is 0.757. The number of aliphatic carboxylic acids is 1. The number of rotatable bonds is 3. The number of esters is 1. The monoisotopic (exact) mass is 298 g/mol. The highest BCUT2D eigenvalue weighted by Gasteiger charge is 2.47. The topological polar surface area (TPSA) is 95.9 Å². The molecule has 0 bridgehead atoms. The first kappa shape index (κ1) is 15.6. The van der Waals surface area contributed by atoms with E-state index < -0.39 is 30.1 Å². The predicted molar refractivity (Wildman–Crippen MR) is 73.6 cm³/mol. The summed E-state index contributed by atoms with van der Waals surface area (Å²) in [5.74, 6) is -1.28. The minimum Gasteiger partial charge on any atom is -0.480 e. The lowest BCUT2D eigenvalue weighted by Gasteiger charge is -2.33. The molecule has 0 radical (unpaired) electrons. The molecule has 7 heteroatoms. The number of fused-ring (bicyclic) bond motifs is 1. The Labute approximate surface area is 123 Å². The molecule has 0 aromatic carbocycles. The molecule has 2 N–H and O–H groups in total. The van der Waals surface area contributed by atoms with Crippen molar-refractivity contribution in [1.82, 2.24) is 10.2 Å². The Morgan fingerprint density at radius 1 is 1.29 bits per heavy atom. The number of carbonyl (C=O) groups excluding carboxylic acids is 2. The molecule has 4 atom stereocenters. The number of ether oxygens (including phenoxy) is 1. The van der Waals surface area contributed by atoms with E-state index in [0.29, 0.717) is 6.42 Å². The summed E-state index contributed by atoms with van der Waals surface area (Å²) in [6, 6.07) is -2.12. The van der Waals surface area contributed by atoms with Gasteiger partial charge in [0, 0.05) is 6.04 Å². The van der Waals surface area contributed by atoms with Crippen molar-refractivity contribution in [2.75, 3.05) is 7.11 Å². The van der Waals surface area contributed by atoms with Gasteiger partial charge in [-0.1, -0.05) is 12.8 Å². The van der Waals surface area contributed by atoms with Crippen molar-refractivity contribution in [3.63, 3.8) is 0 Å². The second kappa shape index (κ2) is 6.32. The van der Waals surface area contributed by atoms with Crippen molar-refractivity contribution in [3.05, 3.63) is 0 Å². The van der Waals surface area contributed by atoms with Gasteiger partial charge in [0.25, 0.3) is 0 Å². The van der Waals surface area contributed by atoms with Gasteiger partial charge in [-0.15, -0.1) is 0 Å². The molecule has 2 fully saturated rings. The molecule has 0 aromatic heterocycles. The third kappa shape index (κ3) is 3.11. The van der Waals surface area contributed by atoms with Gasteiger partial charge < -0.3 is 20.1 Å². The van der Waals surface area contributed by atoms with Crippen molar-refractivity contribution in [2.45, 2.75) is 57.2 Å². The predicted octanol–water partition coefficient (Wildman–Crippen LogP) is 0.975. The largest absolute Gasteiger partial charge is 0.480 e. The Balaban J connectivity index is 2.11. The van der Waals surface area contributed by atoms with Crippen LogP contribution in [-0.4, -0.2) is 53.2 Å². The smallest absolute Gasteiger partial charge is 0.328 e. The summed E-state index contributed by atoms with van der Waals surface area (Å²) in [4.78, 5) is 36.6. The second-order valence-electron chi connectivity index (χ2n) is 5.80. The first-order valence-corrected chi connectivity index (χ1v) is 7.35. The lowest BCUT2D eigenvalue weighted by atomic mass is 9.85. The number of carbonyl (C=O) groups is 3. The summed E-state index contributed by atoms with van der Waals surface area (Å²) >= 11 is 0. The molecule has 118 valence electrons. The minimum atomic E-state index is -0.981. The maximum Gasteiger partial charge on any atom is 0.328 e. The van der Waals surface area contributed by atoms with Crippen LogP contribution < -0.4 is 5.32 Å². The molecule has 4 unspecified atom stereocenters. The summed E-state index contributed by atoms with van der Waals surface area (Å²) in [6.07, 6.45) is 4.38. The van der Waals surface area contributed by atoms with Crippen molar-refractivity contribution < 1.29 is 24.2 Å². The van der Waals surface area contributed by atoms with Gasteiger partial charge >= 0.3 is 18.0 Å². The molecular formula is C14H22N2O5. The maximum absolute atomic E-state index is 12.4. The molecule has 21 heavy (non-hydrogen) atoms. The number of nitrogens with one attached hydrogen (secondary N) is 1. The van der Waals surface area contributed by atoms with Crippen LogP contribution in [0.3, 0.4) is 0 Å². The fraction of sp³-hybridized carbons (Fsp3) is 0.786. The number of carboxylic acid groups (broad SMARTS) is 1. The normalized spacial score (nSPS) is 29.4. The van der Waals surface area contributed by atoms with E-state index in [2.05, 4.69) is 10.1 Å². The van der Waals surface area contributed by atoms with E-state index in [0.717, 1.165) is 25.7 Å². The van der Waals surface area contributed by atoms with E-state index in [9.17, 15) is 19.5 Å². The number of carboxylic acids is 1. The summed E-state index contributed by atoms with van der Waals surface area (Å²) < 4.78 is 4.57. The highest BCUT2D eigenvalue weighted by atomic mass is 16.5. The van der Waals surface area contributed by atoms with E-state index in [1.165, 1.54) is 18.9 Å². The molecule has 1 aliphatic heterocycles.